The van der Waals surface area contributed by atoms with Crippen LogP contribution in [0.1, 0.15) is 31.9 Å². The number of hydrogen-bond donors (Lipinski definition) is 1. The molecule has 0 heterocycles. The zero-order valence-electron chi connectivity index (χ0n) is 14.9. The Morgan fingerprint density at radius 1 is 0.960 bits per heavy atom. The van der Waals surface area contributed by atoms with E-state index in [1.807, 2.05) is 24.3 Å². The smallest absolute Gasteiger partial charge is 0.248 e. The van der Waals surface area contributed by atoms with E-state index < -0.39 is 9.84 Å². The van der Waals surface area contributed by atoms with Gasteiger partial charge in [0.15, 0.2) is 9.84 Å². The minimum atomic E-state index is -3.21. The van der Waals surface area contributed by atoms with Crippen molar-refractivity contribution in [1.29, 1.82) is 0 Å². The fourth-order valence-electron chi connectivity index (χ4n) is 2.24. The molecule has 1 N–H and O–H groups in total. The van der Waals surface area contributed by atoms with E-state index in [-0.39, 0.29) is 16.2 Å². The highest BCUT2D eigenvalue weighted by molar-refractivity contribution is 7.90. The van der Waals surface area contributed by atoms with Crippen LogP contribution in [0.15, 0.2) is 59.5 Å². The van der Waals surface area contributed by atoms with Crippen LogP contribution in [-0.4, -0.2) is 20.6 Å². The van der Waals surface area contributed by atoms with E-state index in [0.717, 1.165) is 17.5 Å². The zero-order chi connectivity index (χ0) is 18.7. The van der Waals surface area contributed by atoms with E-state index in [2.05, 4.69) is 26.1 Å². The first-order valence-electron chi connectivity index (χ1n) is 7.95. The van der Waals surface area contributed by atoms with E-state index >= 15 is 0 Å². The summed E-state index contributed by atoms with van der Waals surface area (Å²) in [5.74, 6) is -0.240. The van der Waals surface area contributed by atoms with Crippen molar-refractivity contribution >= 4 is 27.5 Å². The molecular formula is C20H23NO3S. The van der Waals surface area contributed by atoms with E-state index in [1.165, 1.54) is 23.8 Å². The average molecular weight is 357 g/mol. The molecule has 2 aromatic carbocycles. The van der Waals surface area contributed by atoms with E-state index in [4.69, 9.17) is 0 Å². The van der Waals surface area contributed by atoms with Crippen molar-refractivity contribution in [2.45, 2.75) is 31.1 Å². The van der Waals surface area contributed by atoms with E-state index in [9.17, 15) is 13.2 Å². The summed E-state index contributed by atoms with van der Waals surface area (Å²) in [6.07, 6.45) is 4.23. The van der Waals surface area contributed by atoms with Crippen LogP contribution >= 0.6 is 0 Å². The van der Waals surface area contributed by atoms with Gasteiger partial charge in [-0.1, -0.05) is 45.0 Å². The number of amides is 1. The van der Waals surface area contributed by atoms with Gasteiger partial charge in [-0.15, -0.1) is 0 Å². The predicted molar refractivity (Wildman–Crippen MR) is 102 cm³/mol. The van der Waals surface area contributed by atoms with Crippen molar-refractivity contribution in [2.75, 3.05) is 11.6 Å². The summed E-state index contributed by atoms with van der Waals surface area (Å²) < 4.78 is 22.8. The van der Waals surface area contributed by atoms with Crippen molar-refractivity contribution in [1.82, 2.24) is 0 Å². The average Bonchev–Trinajstić information content (AvgIpc) is 2.52. The molecule has 0 saturated carbocycles. The maximum Gasteiger partial charge on any atom is 0.248 e. The zero-order valence-corrected chi connectivity index (χ0v) is 15.7. The molecule has 0 saturated heterocycles. The molecular weight excluding hydrogens is 334 g/mol. The van der Waals surface area contributed by atoms with Crippen LogP contribution in [0.3, 0.4) is 0 Å². The summed E-state index contributed by atoms with van der Waals surface area (Å²) in [4.78, 5) is 12.3. The minimum Gasteiger partial charge on any atom is -0.323 e. The van der Waals surface area contributed by atoms with Gasteiger partial charge in [0.05, 0.1) is 4.90 Å². The van der Waals surface area contributed by atoms with Crippen LogP contribution < -0.4 is 5.32 Å². The van der Waals surface area contributed by atoms with Gasteiger partial charge in [-0.25, -0.2) is 8.42 Å². The van der Waals surface area contributed by atoms with Crippen LogP contribution in [0.4, 0.5) is 5.69 Å². The monoisotopic (exact) mass is 357 g/mol. The second-order valence-electron chi connectivity index (χ2n) is 6.99. The lowest BCUT2D eigenvalue weighted by Crippen LogP contribution is -2.12. The van der Waals surface area contributed by atoms with Gasteiger partial charge in [-0.3, -0.25) is 4.79 Å². The Morgan fingerprint density at radius 3 is 2.00 bits per heavy atom. The number of sulfone groups is 1. The Kier molecular flexibility index (Phi) is 5.48. The number of benzene rings is 2. The lowest BCUT2D eigenvalue weighted by molar-refractivity contribution is -0.111. The van der Waals surface area contributed by atoms with Crippen molar-refractivity contribution in [2.24, 2.45) is 0 Å². The molecule has 0 aliphatic rings. The second kappa shape index (κ2) is 7.23. The van der Waals surface area contributed by atoms with Crippen LogP contribution in [0.25, 0.3) is 6.08 Å². The van der Waals surface area contributed by atoms with Crippen molar-refractivity contribution in [3.05, 3.63) is 65.7 Å². The standard InChI is InChI=1S/C20H23NO3S/c1-20(2,3)16-8-10-17(11-9-16)21-19(22)14-7-15-5-12-18(13-6-15)25(4,23)24/h5-14H,1-4H3,(H,21,22). The molecule has 0 radical (unpaired) electrons. The van der Waals surface area contributed by atoms with Gasteiger partial charge < -0.3 is 5.32 Å². The molecule has 0 bridgehead atoms. The maximum absolute atomic E-state index is 12.0. The Bertz CT molecular complexity index is 872. The molecule has 25 heavy (non-hydrogen) atoms. The molecule has 0 fully saturated rings. The Balaban J connectivity index is 2.01. The van der Waals surface area contributed by atoms with Crippen LogP contribution in [0, 0.1) is 0 Å². The molecule has 132 valence electrons. The number of carbonyl (C=O) groups is 1. The molecule has 1 amide bonds. The first-order valence-corrected chi connectivity index (χ1v) is 9.84. The molecule has 0 aliphatic heterocycles. The number of rotatable bonds is 4. The molecule has 0 aromatic heterocycles. The Morgan fingerprint density at radius 2 is 1.52 bits per heavy atom. The van der Waals surface area contributed by atoms with Crippen LogP contribution in [-0.2, 0) is 20.0 Å². The third-order valence-corrected chi connectivity index (χ3v) is 4.88. The Hall–Kier alpha value is -2.40. The number of anilines is 1. The van der Waals surface area contributed by atoms with Gasteiger partial charge in [0, 0.05) is 18.0 Å². The highest BCUT2D eigenvalue weighted by atomic mass is 32.2. The third-order valence-electron chi connectivity index (χ3n) is 3.75. The van der Waals surface area contributed by atoms with Gasteiger partial charge in [0.1, 0.15) is 0 Å². The topological polar surface area (TPSA) is 63.2 Å². The van der Waals surface area contributed by atoms with Crippen molar-refractivity contribution < 1.29 is 13.2 Å². The quantitative estimate of drug-likeness (QED) is 0.840. The van der Waals surface area contributed by atoms with Gasteiger partial charge >= 0.3 is 0 Å². The molecule has 4 nitrogen and oxygen atoms in total. The lowest BCUT2D eigenvalue weighted by Gasteiger charge is -2.19. The summed E-state index contributed by atoms with van der Waals surface area (Å²) in [6, 6.07) is 14.2. The minimum absolute atomic E-state index is 0.0700. The van der Waals surface area contributed by atoms with E-state index in [0.29, 0.717) is 0 Å². The van der Waals surface area contributed by atoms with Crippen LogP contribution in [0.2, 0.25) is 0 Å². The summed E-state index contributed by atoms with van der Waals surface area (Å²) >= 11 is 0. The fraction of sp³-hybridized carbons (Fsp3) is 0.250. The summed E-state index contributed by atoms with van der Waals surface area (Å²) in [5.41, 5.74) is 2.76. The highest BCUT2D eigenvalue weighted by Gasteiger charge is 2.13. The maximum atomic E-state index is 12.0. The fourth-order valence-corrected chi connectivity index (χ4v) is 2.87. The Labute approximate surface area is 149 Å². The molecule has 0 atom stereocenters. The van der Waals surface area contributed by atoms with Gasteiger partial charge in [-0.2, -0.15) is 0 Å². The molecule has 0 unspecified atom stereocenters. The van der Waals surface area contributed by atoms with Crippen molar-refractivity contribution in [3.63, 3.8) is 0 Å². The lowest BCUT2D eigenvalue weighted by atomic mass is 9.87. The first-order chi connectivity index (χ1) is 11.6. The molecule has 2 aromatic rings. The van der Waals surface area contributed by atoms with E-state index in [1.54, 1.807) is 18.2 Å². The van der Waals surface area contributed by atoms with Gasteiger partial charge in [0.25, 0.3) is 0 Å². The molecule has 2 rings (SSSR count). The van der Waals surface area contributed by atoms with Crippen LogP contribution in [0.5, 0.6) is 0 Å². The largest absolute Gasteiger partial charge is 0.323 e. The predicted octanol–water partition coefficient (Wildman–Crippen LogP) is 4.04. The third kappa shape index (κ3) is 5.57. The molecule has 5 heteroatoms. The highest BCUT2D eigenvalue weighted by Crippen LogP contribution is 2.23. The van der Waals surface area contributed by atoms with Gasteiger partial charge in [0.2, 0.25) is 5.91 Å². The number of nitrogens with one attached hydrogen (secondary N) is 1. The number of carbonyl (C=O) groups excluding carboxylic acids is 1. The van der Waals surface area contributed by atoms with Crippen molar-refractivity contribution in [3.8, 4) is 0 Å². The summed E-state index contributed by atoms with van der Waals surface area (Å²) in [7, 11) is -3.21. The number of hydrogen-bond acceptors (Lipinski definition) is 3. The SMILES string of the molecule is CC(C)(C)c1ccc(NC(=O)C=Cc2ccc(S(C)(=O)=O)cc2)cc1. The first kappa shape index (κ1) is 18.9. The molecule has 0 aliphatic carbocycles. The second-order valence-corrected chi connectivity index (χ2v) is 9.01. The normalized spacial score (nSPS) is 12.3. The molecule has 0 spiro atoms. The summed E-state index contributed by atoms with van der Waals surface area (Å²) in [6.45, 7) is 6.41. The summed E-state index contributed by atoms with van der Waals surface area (Å²) in [5, 5.41) is 2.80. The van der Waals surface area contributed by atoms with Gasteiger partial charge in [-0.05, 0) is 46.9 Å².